The summed E-state index contributed by atoms with van der Waals surface area (Å²) in [6.07, 6.45) is 8.04. The molecule has 2 aliphatic carbocycles. The normalized spacial score (nSPS) is 18.4. The van der Waals surface area contributed by atoms with Gasteiger partial charge in [0.15, 0.2) is 0 Å². The van der Waals surface area contributed by atoms with Crippen LogP contribution in [0.4, 0.5) is 0 Å². The van der Waals surface area contributed by atoms with Crippen molar-refractivity contribution in [1.29, 1.82) is 0 Å². The summed E-state index contributed by atoms with van der Waals surface area (Å²) < 4.78 is 0. The number of pyridine rings is 1. The number of carbonyl (C=O) groups excluding carboxylic acids is 1. The first-order valence-electron chi connectivity index (χ1n) is 13.4. The molecule has 5 rings (SSSR count). The molecule has 2 heterocycles. The molecule has 1 unspecified atom stereocenters. The molecule has 188 valence electrons. The highest BCUT2D eigenvalue weighted by Gasteiger charge is 2.29. The van der Waals surface area contributed by atoms with Gasteiger partial charge in [0.1, 0.15) is 0 Å². The average Bonchev–Trinajstić information content (AvgIpc) is 3.75. The molecule has 0 radical (unpaired) electrons. The van der Waals surface area contributed by atoms with E-state index in [1.807, 2.05) is 36.9 Å². The Bertz CT molecular complexity index is 1110. The molecule has 4 nitrogen and oxygen atoms in total. The van der Waals surface area contributed by atoms with Crippen LogP contribution in [0.1, 0.15) is 74.5 Å². The zero-order valence-electron chi connectivity index (χ0n) is 21.7. The molecule has 1 amide bonds. The van der Waals surface area contributed by atoms with E-state index in [1.165, 1.54) is 24.8 Å². The molecule has 5 heteroatoms. The molecule has 1 saturated carbocycles. The minimum atomic E-state index is 0.0685. The summed E-state index contributed by atoms with van der Waals surface area (Å²) in [5, 5.41) is 1.77. The number of fused-ring (bicyclic) bond motifs is 2. The number of rotatable bonds is 6. The SMILES string of the molecule is C=C(CC(C)C1CC1)C(=C)N1CCN(C(=O)c2ccc3c(Cl)c4c(nc3c2)CCCC4)CC1.CC. The van der Waals surface area contributed by atoms with Gasteiger partial charge in [-0.3, -0.25) is 9.78 Å². The number of amides is 1. The van der Waals surface area contributed by atoms with Crippen molar-refractivity contribution in [2.24, 2.45) is 11.8 Å². The monoisotopic (exact) mass is 493 g/mol. The molecule has 35 heavy (non-hydrogen) atoms. The molecule has 1 atom stereocenters. The summed E-state index contributed by atoms with van der Waals surface area (Å²) in [7, 11) is 0. The second kappa shape index (κ2) is 11.2. The lowest BCUT2D eigenvalue weighted by Crippen LogP contribution is -2.48. The number of aryl methyl sites for hydroxylation is 1. The van der Waals surface area contributed by atoms with Gasteiger partial charge in [0.2, 0.25) is 0 Å². The van der Waals surface area contributed by atoms with Gasteiger partial charge in [0.05, 0.1) is 10.5 Å². The Morgan fingerprint density at radius 3 is 2.43 bits per heavy atom. The molecular weight excluding hydrogens is 454 g/mol. The van der Waals surface area contributed by atoms with E-state index in [9.17, 15) is 4.79 Å². The Kier molecular flexibility index (Phi) is 8.21. The molecule has 2 aromatic rings. The van der Waals surface area contributed by atoms with Crippen molar-refractivity contribution in [1.82, 2.24) is 14.8 Å². The first-order valence-corrected chi connectivity index (χ1v) is 13.8. The number of aromatic nitrogens is 1. The van der Waals surface area contributed by atoms with Crippen LogP contribution < -0.4 is 0 Å². The molecule has 2 fully saturated rings. The third-order valence-electron chi connectivity index (χ3n) is 7.79. The number of carbonyl (C=O) groups is 1. The topological polar surface area (TPSA) is 36.4 Å². The number of nitrogens with zero attached hydrogens (tertiary/aromatic N) is 3. The third-order valence-corrected chi connectivity index (χ3v) is 8.22. The highest BCUT2D eigenvalue weighted by Crippen LogP contribution is 2.40. The maximum atomic E-state index is 13.3. The van der Waals surface area contributed by atoms with Gasteiger partial charge >= 0.3 is 0 Å². The minimum absolute atomic E-state index is 0.0685. The number of halogens is 1. The van der Waals surface area contributed by atoms with Gasteiger partial charge in [-0.1, -0.05) is 51.6 Å². The summed E-state index contributed by atoms with van der Waals surface area (Å²) in [5.41, 5.74) is 6.01. The number of hydrogen-bond donors (Lipinski definition) is 0. The van der Waals surface area contributed by atoms with Gasteiger partial charge in [0.25, 0.3) is 5.91 Å². The largest absolute Gasteiger partial charge is 0.368 e. The van der Waals surface area contributed by atoms with E-state index in [-0.39, 0.29) is 5.91 Å². The number of allylic oxidation sites excluding steroid dienone is 1. The van der Waals surface area contributed by atoms with Crippen molar-refractivity contribution < 1.29 is 4.79 Å². The minimum Gasteiger partial charge on any atom is -0.368 e. The molecule has 1 aromatic carbocycles. The Labute approximate surface area is 216 Å². The molecule has 1 aromatic heterocycles. The van der Waals surface area contributed by atoms with E-state index in [1.54, 1.807) is 0 Å². The summed E-state index contributed by atoms with van der Waals surface area (Å²) in [6, 6.07) is 5.79. The fraction of sp³-hybridized carbons (Fsp3) is 0.533. The lowest BCUT2D eigenvalue weighted by Gasteiger charge is -2.38. The second-order valence-corrected chi connectivity index (χ2v) is 10.5. The Morgan fingerprint density at radius 1 is 1.09 bits per heavy atom. The number of benzene rings is 1. The lowest BCUT2D eigenvalue weighted by atomic mass is 9.94. The first kappa shape index (κ1) is 25.8. The maximum Gasteiger partial charge on any atom is 0.254 e. The molecule has 1 saturated heterocycles. The summed E-state index contributed by atoms with van der Waals surface area (Å²) in [4.78, 5) is 22.4. The van der Waals surface area contributed by atoms with E-state index < -0.39 is 0 Å². The van der Waals surface area contributed by atoms with Crippen molar-refractivity contribution in [2.75, 3.05) is 26.2 Å². The van der Waals surface area contributed by atoms with E-state index in [0.717, 1.165) is 77.6 Å². The van der Waals surface area contributed by atoms with Crippen LogP contribution in [0.2, 0.25) is 5.02 Å². The standard InChI is InChI=1S/C28H34ClN3O.C2H6/c1-18(16-19(2)21-8-9-21)20(3)31-12-14-32(15-13-31)28(33)22-10-11-24-26(17-22)30-25-7-5-4-6-23(25)27(24)29;1-2/h10-11,17,19,21H,1,3-9,12-16H2,2H3;1-2H3. The van der Waals surface area contributed by atoms with Crippen LogP contribution in [0, 0.1) is 11.8 Å². The van der Waals surface area contributed by atoms with Crippen LogP contribution >= 0.6 is 11.6 Å². The van der Waals surface area contributed by atoms with Crippen molar-refractivity contribution in [3.63, 3.8) is 0 Å². The van der Waals surface area contributed by atoms with Gasteiger partial charge in [-0.05, 0) is 80.1 Å². The Hall–Kier alpha value is -2.33. The summed E-state index contributed by atoms with van der Waals surface area (Å²) in [6.45, 7) is 17.9. The van der Waals surface area contributed by atoms with Crippen LogP contribution in [0.5, 0.6) is 0 Å². The van der Waals surface area contributed by atoms with E-state index in [2.05, 4.69) is 25.0 Å². The molecule has 1 aliphatic heterocycles. The van der Waals surface area contributed by atoms with E-state index in [0.29, 0.717) is 24.6 Å². The molecule has 0 bridgehead atoms. The van der Waals surface area contributed by atoms with Crippen molar-refractivity contribution in [2.45, 2.75) is 65.7 Å². The number of hydrogen-bond acceptors (Lipinski definition) is 3. The Morgan fingerprint density at radius 2 is 1.74 bits per heavy atom. The predicted molar refractivity (Wildman–Crippen MR) is 147 cm³/mol. The Balaban J connectivity index is 0.00000141. The van der Waals surface area contributed by atoms with Gasteiger partial charge in [-0.2, -0.15) is 0 Å². The third kappa shape index (κ3) is 5.58. The predicted octanol–water partition coefficient (Wildman–Crippen LogP) is 7.06. The maximum absolute atomic E-state index is 13.3. The first-order chi connectivity index (χ1) is 16.9. The van der Waals surface area contributed by atoms with Crippen LogP contribution in [-0.2, 0) is 12.8 Å². The van der Waals surface area contributed by atoms with Gasteiger partial charge < -0.3 is 9.80 Å². The lowest BCUT2D eigenvalue weighted by molar-refractivity contribution is 0.0671. The molecular formula is C30H40ClN3O. The van der Waals surface area contributed by atoms with Crippen molar-refractivity contribution in [3.05, 3.63) is 64.5 Å². The average molecular weight is 494 g/mol. The van der Waals surface area contributed by atoms with Gasteiger partial charge in [0, 0.05) is 48.5 Å². The zero-order valence-corrected chi connectivity index (χ0v) is 22.5. The highest BCUT2D eigenvalue weighted by atomic mass is 35.5. The fourth-order valence-corrected chi connectivity index (χ4v) is 5.79. The summed E-state index contributed by atoms with van der Waals surface area (Å²) >= 11 is 6.71. The van der Waals surface area contributed by atoms with E-state index >= 15 is 0 Å². The van der Waals surface area contributed by atoms with E-state index in [4.69, 9.17) is 16.6 Å². The van der Waals surface area contributed by atoms with Crippen LogP contribution in [-0.4, -0.2) is 46.9 Å². The van der Waals surface area contributed by atoms with Crippen LogP contribution in [0.3, 0.4) is 0 Å². The quantitative estimate of drug-likeness (QED) is 0.404. The molecule has 3 aliphatic rings. The van der Waals surface area contributed by atoms with Crippen LogP contribution in [0.15, 0.2) is 42.6 Å². The smallest absolute Gasteiger partial charge is 0.254 e. The van der Waals surface area contributed by atoms with Gasteiger partial charge in [-0.25, -0.2) is 0 Å². The molecule has 0 N–H and O–H groups in total. The fourth-order valence-electron chi connectivity index (χ4n) is 5.42. The van der Waals surface area contributed by atoms with Crippen LogP contribution in [0.25, 0.3) is 10.9 Å². The van der Waals surface area contributed by atoms with Gasteiger partial charge in [-0.15, -0.1) is 0 Å². The van der Waals surface area contributed by atoms with Crippen molar-refractivity contribution >= 4 is 28.4 Å². The number of piperazine rings is 1. The molecule has 0 spiro atoms. The highest BCUT2D eigenvalue weighted by molar-refractivity contribution is 6.36. The second-order valence-electron chi connectivity index (χ2n) is 10.1. The zero-order chi connectivity index (χ0) is 25.1. The summed E-state index contributed by atoms with van der Waals surface area (Å²) in [5.74, 6) is 1.64. The van der Waals surface area contributed by atoms with Crippen molar-refractivity contribution in [3.8, 4) is 0 Å².